The van der Waals surface area contributed by atoms with Gasteiger partial charge in [0.05, 0.1) is 0 Å². The Morgan fingerprint density at radius 2 is 1.72 bits per heavy atom. The quantitative estimate of drug-likeness (QED) is 0.871. The lowest BCUT2D eigenvalue weighted by Crippen LogP contribution is -2.30. The van der Waals surface area contributed by atoms with Gasteiger partial charge in [-0.2, -0.15) is 0 Å². The third-order valence-electron chi connectivity index (χ3n) is 2.74. The van der Waals surface area contributed by atoms with Crippen molar-refractivity contribution in [2.75, 3.05) is 27.2 Å². The van der Waals surface area contributed by atoms with Crippen LogP contribution in [0.5, 0.6) is 5.75 Å². The summed E-state index contributed by atoms with van der Waals surface area (Å²) in [6.45, 7) is 7.49. The van der Waals surface area contributed by atoms with Gasteiger partial charge in [-0.05, 0) is 37.2 Å². The van der Waals surface area contributed by atoms with Gasteiger partial charge in [-0.25, -0.2) is 0 Å². The van der Waals surface area contributed by atoms with Crippen molar-refractivity contribution in [1.82, 2.24) is 4.90 Å². The van der Waals surface area contributed by atoms with Crippen LogP contribution in [0.1, 0.15) is 26.3 Å². The van der Waals surface area contributed by atoms with Crippen LogP contribution in [0, 0.1) is 0 Å². The van der Waals surface area contributed by atoms with Crippen LogP contribution in [0.3, 0.4) is 0 Å². The molecule has 0 spiro atoms. The second-order valence-electron chi connectivity index (χ2n) is 6.00. The number of rotatable bonds is 5. The van der Waals surface area contributed by atoms with Crippen LogP contribution < -0.4 is 4.74 Å². The lowest BCUT2D eigenvalue weighted by Gasteiger charge is -2.20. The van der Waals surface area contributed by atoms with Crippen molar-refractivity contribution < 1.29 is 9.84 Å². The summed E-state index contributed by atoms with van der Waals surface area (Å²) in [5.41, 5.74) is 1.44. The van der Waals surface area contributed by atoms with Gasteiger partial charge < -0.3 is 14.7 Å². The van der Waals surface area contributed by atoms with Gasteiger partial charge in [-0.1, -0.05) is 32.9 Å². The minimum absolute atomic E-state index is 0.156. The van der Waals surface area contributed by atoms with Crippen LogP contribution in [0.25, 0.3) is 0 Å². The zero-order valence-electron chi connectivity index (χ0n) is 12.1. The lowest BCUT2D eigenvalue weighted by atomic mass is 9.87. The highest BCUT2D eigenvalue weighted by Gasteiger charge is 2.13. The standard InChI is InChI=1S/C15H25NO2/c1-15(2,3)12-6-8-14(9-7-12)18-11-13(17)10-16(4)5/h6-9,13,17H,10-11H2,1-5H3. The van der Waals surface area contributed by atoms with Crippen molar-refractivity contribution in [1.29, 1.82) is 0 Å². The Bertz CT molecular complexity index is 352. The Kier molecular flexibility index (Phi) is 5.17. The molecule has 3 heteroatoms. The Morgan fingerprint density at radius 1 is 1.17 bits per heavy atom. The maximum absolute atomic E-state index is 9.70. The molecule has 1 rings (SSSR count). The van der Waals surface area contributed by atoms with E-state index >= 15 is 0 Å². The van der Waals surface area contributed by atoms with Crippen molar-refractivity contribution in [3.8, 4) is 5.75 Å². The minimum atomic E-state index is -0.456. The Labute approximate surface area is 110 Å². The second kappa shape index (κ2) is 6.21. The third kappa shape index (κ3) is 5.07. The SMILES string of the molecule is CN(C)CC(O)COc1ccc(C(C)(C)C)cc1. The van der Waals surface area contributed by atoms with Crippen LogP contribution in [0.2, 0.25) is 0 Å². The van der Waals surface area contributed by atoms with Crippen LogP contribution >= 0.6 is 0 Å². The molecule has 0 amide bonds. The topological polar surface area (TPSA) is 32.7 Å². The van der Waals surface area contributed by atoms with Gasteiger partial charge in [0.15, 0.2) is 0 Å². The fourth-order valence-electron chi connectivity index (χ4n) is 1.72. The first-order valence-corrected chi connectivity index (χ1v) is 6.35. The van der Waals surface area contributed by atoms with Crippen LogP contribution in [-0.4, -0.2) is 43.4 Å². The molecule has 0 fully saturated rings. The molecule has 0 heterocycles. The Hall–Kier alpha value is -1.06. The zero-order valence-corrected chi connectivity index (χ0v) is 12.1. The molecule has 0 aromatic heterocycles. The van der Waals surface area contributed by atoms with E-state index in [1.807, 2.05) is 31.1 Å². The van der Waals surface area contributed by atoms with E-state index < -0.39 is 6.10 Å². The van der Waals surface area contributed by atoms with E-state index in [1.54, 1.807) is 0 Å². The largest absolute Gasteiger partial charge is 0.491 e. The highest BCUT2D eigenvalue weighted by molar-refractivity contribution is 5.31. The minimum Gasteiger partial charge on any atom is -0.491 e. The van der Waals surface area contributed by atoms with Crippen molar-refractivity contribution in [3.05, 3.63) is 29.8 Å². The molecule has 0 aliphatic heterocycles. The van der Waals surface area contributed by atoms with Crippen molar-refractivity contribution in [3.63, 3.8) is 0 Å². The molecule has 1 N–H and O–H groups in total. The van der Waals surface area contributed by atoms with Crippen molar-refractivity contribution in [2.24, 2.45) is 0 Å². The number of nitrogens with zero attached hydrogens (tertiary/aromatic N) is 1. The second-order valence-corrected chi connectivity index (χ2v) is 6.00. The molecule has 1 unspecified atom stereocenters. The molecule has 1 aromatic rings. The first kappa shape index (κ1) is 15.0. The van der Waals surface area contributed by atoms with Crippen LogP contribution in [-0.2, 0) is 5.41 Å². The van der Waals surface area contributed by atoms with Crippen LogP contribution in [0.15, 0.2) is 24.3 Å². The molecule has 1 atom stereocenters. The van der Waals surface area contributed by atoms with Gasteiger partial charge in [0.2, 0.25) is 0 Å². The maximum Gasteiger partial charge on any atom is 0.119 e. The molecule has 3 nitrogen and oxygen atoms in total. The molecular weight excluding hydrogens is 226 g/mol. The van der Waals surface area contributed by atoms with Gasteiger partial charge in [0, 0.05) is 6.54 Å². The molecule has 18 heavy (non-hydrogen) atoms. The third-order valence-corrected chi connectivity index (χ3v) is 2.74. The van der Waals surface area contributed by atoms with Gasteiger partial charge in [-0.15, -0.1) is 0 Å². The molecular formula is C15H25NO2. The number of aliphatic hydroxyl groups excluding tert-OH is 1. The van der Waals surface area contributed by atoms with E-state index in [0.29, 0.717) is 13.2 Å². The summed E-state index contributed by atoms with van der Waals surface area (Å²) in [5, 5.41) is 9.70. The van der Waals surface area contributed by atoms with E-state index in [0.717, 1.165) is 5.75 Å². The average molecular weight is 251 g/mol. The Morgan fingerprint density at radius 3 is 2.17 bits per heavy atom. The number of aliphatic hydroxyl groups is 1. The van der Waals surface area contributed by atoms with Gasteiger partial charge in [0.25, 0.3) is 0 Å². The molecule has 0 aliphatic carbocycles. The molecule has 1 aromatic carbocycles. The van der Waals surface area contributed by atoms with Gasteiger partial charge >= 0.3 is 0 Å². The molecule has 102 valence electrons. The van der Waals surface area contributed by atoms with Crippen LogP contribution in [0.4, 0.5) is 0 Å². The van der Waals surface area contributed by atoms with E-state index in [1.165, 1.54) is 5.56 Å². The van der Waals surface area contributed by atoms with E-state index in [-0.39, 0.29) is 5.41 Å². The highest BCUT2D eigenvalue weighted by atomic mass is 16.5. The zero-order chi connectivity index (χ0) is 13.8. The highest BCUT2D eigenvalue weighted by Crippen LogP contribution is 2.24. The number of likely N-dealkylation sites (N-methyl/N-ethyl adjacent to an activating group) is 1. The summed E-state index contributed by atoms with van der Waals surface area (Å²) in [6.07, 6.45) is -0.456. The van der Waals surface area contributed by atoms with Crippen molar-refractivity contribution in [2.45, 2.75) is 32.3 Å². The first-order valence-electron chi connectivity index (χ1n) is 6.35. The summed E-state index contributed by atoms with van der Waals surface area (Å²) >= 11 is 0. The molecule has 0 saturated heterocycles. The molecule has 0 saturated carbocycles. The predicted octanol–water partition coefficient (Wildman–Crippen LogP) is 2.29. The number of benzene rings is 1. The lowest BCUT2D eigenvalue weighted by molar-refractivity contribution is 0.0831. The average Bonchev–Trinajstić information content (AvgIpc) is 2.25. The normalized spacial score (nSPS) is 13.7. The maximum atomic E-state index is 9.70. The monoisotopic (exact) mass is 251 g/mol. The van der Waals surface area contributed by atoms with Gasteiger partial charge in [0.1, 0.15) is 18.5 Å². The fraction of sp³-hybridized carbons (Fsp3) is 0.600. The summed E-state index contributed by atoms with van der Waals surface area (Å²) in [4.78, 5) is 1.94. The van der Waals surface area contributed by atoms with E-state index in [4.69, 9.17) is 4.74 Å². The number of hydrogen-bond acceptors (Lipinski definition) is 3. The van der Waals surface area contributed by atoms with E-state index in [9.17, 15) is 5.11 Å². The molecule has 0 bridgehead atoms. The predicted molar refractivity (Wildman–Crippen MR) is 75.2 cm³/mol. The summed E-state index contributed by atoms with van der Waals surface area (Å²) in [6, 6.07) is 8.08. The summed E-state index contributed by atoms with van der Waals surface area (Å²) in [5.74, 6) is 0.806. The molecule has 0 radical (unpaired) electrons. The summed E-state index contributed by atoms with van der Waals surface area (Å²) in [7, 11) is 3.86. The van der Waals surface area contributed by atoms with Gasteiger partial charge in [-0.3, -0.25) is 0 Å². The Balaban J connectivity index is 2.49. The fourth-order valence-corrected chi connectivity index (χ4v) is 1.72. The van der Waals surface area contributed by atoms with Crippen molar-refractivity contribution >= 4 is 0 Å². The molecule has 0 aliphatic rings. The number of ether oxygens (including phenoxy) is 1. The summed E-state index contributed by atoms with van der Waals surface area (Å²) < 4.78 is 5.56. The smallest absolute Gasteiger partial charge is 0.119 e. The van der Waals surface area contributed by atoms with E-state index in [2.05, 4.69) is 32.9 Å². The number of hydrogen-bond donors (Lipinski definition) is 1. The first-order chi connectivity index (χ1) is 8.29.